The first kappa shape index (κ1) is 16.1. The quantitative estimate of drug-likeness (QED) is 0.785. The molecule has 0 fully saturated rings. The molecule has 116 valence electrons. The van der Waals surface area contributed by atoms with E-state index in [2.05, 4.69) is 26.8 Å². The molecule has 0 saturated heterocycles. The van der Waals surface area contributed by atoms with Gasteiger partial charge in [0.05, 0.1) is 14.2 Å². The summed E-state index contributed by atoms with van der Waals surface area (Å²) in [5, 5.41) is 0. The van der Waals surface area contributed by atoms with Crippen molar-refractivity contribution in [2.24, 2.45) is 0 Å². The van der Waals surface area contributed by atoms with Crippen LogP contribution in [0.3, 0.4) is 0 Å². The normalized spacial score (nSPS) is 11.1. The molecule has 0 radical (unpaired) electrons. The number of hydrogen-bond acceptors (Lipinski definition) is 3. The van der Waals surface area contributed by atoms with E-state index in [1.165, 1.54) is 7.11 Å². The highest BCUT2D eigenvalue weighted by Crippen LogP contribution is 2.38. The highest BCUT2D eigenvalue weighted by Gasteiger charge is 2.23. The molecular weight excluding hydrogens is 276 g/mol. The van der Waals surface area contributed by atoms with E-state index in [9.17, 15) is 4.79 Å². The second kappa shape index (κ2) is 6.22. The van der Waals surface area contributed by atoms with Crippen molar-refractivity contribution < 1.29 is 14.3 Å². The lowest BCUT2D eigenvalue weighted by atomic mass is 9.83. The summed E-state index contributed by atoms with van der Waals surface area (Å²) in [6, 6.07) is 13.9. The minimum atomic E-state index is -0.389. The summed E-state index contributed by atoms with van der Waals surface area (Å²) < 4.78 is 10.4. The molecule has 0 aliphatic carbocycles. The van der Waals surface area contributed by atoms with Crippen molar-refractivity contribution in [3.8, 4) is 16.9 Å². The van der Waals surface area contributed by atoms with E-state index < -0.39 is 0 Å². The van der Waals surface area contributed by atoms with Gasteiger partial charge in [0.25, 0.3) is 0 Å². The number of benzene rings is 2. The van der Waals surface area contributed by atoms with Crippen LogP contribution in [0.1, 0.15) is 36.7 Å². The molecule has 0 atom stereocenters. The van der Waals surface area contributed by atoms with Gasteiger partial charge in [-0.05, 0) is 28.7 Å². The Bertz CT molecular complexity index is 667. The minimum Gasteiger partial charge on any atom is -0.495 e. The lowest BCUT2D eigenvalue weighted by Crippen LogP contribution is -2.14. The maximum absolute atomic E-state index is 12.2. The maximum Gasteiger partial charge on any atom is 0.341 e. The van der Waals surface area contributed by atoms with Crippen molar-refractivity contribution in [1.82, 2.24) is 0 Å². The number of carbonyl (C=O) groups excluding carboxylic acids is 1. The first-order chi connectivity index (χ1) is 10.4. The molecule has 2 aromatic rings. The van der Waals surface area contributed by atoms with E-state index in [0.29, 0.717) is 11.3 Å². The zero-order valence-electron chi connectivity index (χ0n) is 13.8. The van der Waals surface area contributed by atoms with Gasteiger partial charge >= 0.3 is 5.97 Å². The summed E-state index contributed by atoms with van der Waals surface area (Å²) in [5.41, 5.74) is 3.34. The van der Waals surface area contributed by atoms with E-state index in [0.717, 1.165) is 16.7 Å². The van der Waals surface area contributed by atoms with Gasteiger partial charge < -0.3 is 9.47 Å². The predicted octanol–water partition coefficient (Wildman–Crippen LogP) is 4.45. The van der Waals surface area contributed by atoms with E-state index >= 15 is 0 Å². The van der Waals surface area contributed by atoms with E-state index in [-0.39, 0.29) is 11.4 Å². The Morgan fingerprint density at radius 2 is 1.64 bits per heavy atom. The predicted molar refractivity (Wildman–Crippen MR) is 88.5 cm³/mol. The average molecular weight is 298 g/mol. The number of rotatable bonds is 3. The minimum absolute atomic E-state index is 0.0847. The zero-order valence-corrected chi connectivity index (χ0v) is 13.8. The molecule has 0 aliphatic rings. The van der Waals surface area contributed by atoms with Crippen LogP contribution in [0.2, 0.25) is 0 Å². The van der Waals surface area contributed by atoms with Gasteiger partial charge in [0.1, 0.15) is 11.3 Å². The van der Waals surface area contributed by atoms with Gasteiger partial charge in [0.15, 0.2) is 0 Å². The SMILES string of the molecule is COC(=O)c1cc(C(C)(C)C)cc(-c2ccccc2)c1OC. The molecule has 0 heterocycles. The summed E-state index contributed by atoms with van der Waals surface area (Å²) in [5.74, 6) is 0.159. The number of methoxy groups -OCH3 is 2. The number of ether oxygens (including phenoxy) is 2. The van der Waals surface area contributed by atoms with Gasteiger partial charge in [-0.25, -0.2) is 4.79 Å². The Hall–Kier alpha value is -2.29. The van der Waals surface area contributed by atoms with Crippen molar-refractivity contribution >= 4 is 5.97 Å². The van der Waals surface area contributed by atoms with Crippen LogP contribution in [0.4, 0.5) is 0 Å². The Balaban J connectivity index is 2.77. The maximum atomic E-state index is 12.2. The lowest BCUT2D eigenvalue weighted by molar-refractivity contribution is 0.0597. The molecule has 0 spiro atoms. The van der Waals surface area contributed by atoms with E-state index in [1.807, 2.05) is 36.4 Å². The van der Waals surface area contributed by atoms with Crippen LogP contribution in [-0.2, 0) is 10.2 Å². The fraction of sp³-hybridized carbons (Fsp3) is 0.316. The molecule has 2 aromatic carbocycles. The first-order valence-electron chi connectivity index (χ1n) is 7.24. The molecule has 0 amide bonds. The third kappa shape index (κ3) is 3.14. The summed E-state index contributed by atoms with van der Waals surface area (Å²) >= 11 is 0. The van der Waals surface area contributed by atoms with Gasteiger partial charge in [0.2, 0.25) is 0 Å². The highest BCUT2D eigenvalue weighted by molar-refractivity contribution is 5.96. The third-order valence-corrected chi connectivity index (χ3v) is 3.65. The molecular formula is C19H22O3. The smallest absolute Gasteiger partial charge is 0.341 e. The number of carbonyl (C=O) groups is 1. The Kier molecular flexibility index (Phi) is 4.55. The summed E-state index contributed by atoms with van der Waals surface area (Å²) in [4.78, 5) is 12.2. The summed E-state index contributed by atoms with van der Waals surface area (Å²) in [6.07, 6.45) is 0. The second-order valence-electron chi connectivity index (χ2n) is 6.21. The Morgan fingerprint density at radius 1 is 1.00 bits per heavy atom. The van der Waals surface area contributed by atoms with Crippen LogP contribution in [0.25, 0.3) is 11.1 Å². The average Bonchev–Trinajstić information content (AvgIpc) is 2.52. The van der Waals surface area contributed by atoms with Crippen LogP contribution in [0.5, 0.6) is 5.75 Å². The van der Waals surface area contributed by atoms with Gasteiger partial charge in [-0.2, -0.15) is 0 Å². The van der Waals surface area contributed by atoms with Gasteiger partial charge in [-0.3, -0.25) is 0 Å². The molecule has 0 saturated carbocycles. The van der Waals surface area contributed by atoms with Crippen LogP contribution in [-0.4, -0.2) is 20.2 Å². The highest BCUT2D eigenvalue weighted by atomic mass is 16.5. The van der Waals surface area contributed by atoms with E-state index in [1.54, 1.807) is 7.11 Å². The summed E-state index contributed by atoms with van der Waals surface area (Å²) in [7, 11) is 2.96. The van der Waals surface area contributed by atoms with Crippen LogP contribution in [0.15, 0.2) is 42.5 Å². The number of esters is 1. The second-order valence-corrected chi connectivity index (χ2v) is 6.21. The Morgan fingerprint density at radius 3 is 2.14 bits per heavy atom. The van der Waals surface area contributed by atoms with Gasteiger partial charge in [-0.1, -0.05) is 51.1 Å². The standard InChI is InChI=1S/C19H22O3/c1-19(2,3)14-11-15(13-9-7-6-8-10-13)17(21-4)16(12-14)18(20)22-5/h6-12H,1-5H3. The van der Waals surface area contributed by atoms with Crippen molar-refractivity contribution in [3.63, 3.8) is 0 Å². The fourth-order valence-corrected chi connectivity index (χ4v) is 2.38. The molecule has 3 heteroatoms. The molecule has 3 nitrogen and oxygen atoms in total. The first-order valence-corrected chi connectivity index (χ1v) is 7.24. The van der Waals surface area contributed by atoms with Crippen LogP contribution < -0.4 is 4.74 Å². The third-order valence-electron chi connectivity index (χ3n) is 3.65. The van der Waals surface area contributed by atoms with Crippen molar-refractivity contribution in [3.05, 3.63) is 53.6 Å². The molecule has 2 rings (SSSR count). The summed E-state index contributed by atoms with van der Waals surface area (Å²) in [6.45, 7) is 6.35. The van der Waals surface area contributed by atoms with Crippen LogP contribution in [0, 0.1) is 0 Å². The zero-order chi connectivity index (χ0) is 16.3. The van der Waals surface area contributed by atoms with E-state index in [4.69, 9.17) is 9.47 Å². The van der Waals surface area contributed by atoms with Crippen molar-refractivity contribution in [1.29, 1.82) is 0 Å². The van der Waals surface area contributed by atoms with Gasteiger partial charge in [0, 0.05) is 5.56 Å². The monoisotopic (exact) mass is 298 g/mol. The molecule has 0 aliphatic heterocycles. The lowest BCUT2D eigenvalue weighted by Gasteiger charge is -2.23. The van der Waals surface area contributed by atoms with Crippen molar-refractivity contribution in [2.75, 3.05) is 14.2 Å². The van der Waals surface area contributed by atoms with Crippen molar-refractivity contribution in [2.45, 2.75) is 26.2 Å². The molecule has 22 heavy (non-hydrogen) atoms. The topological polar surface area (TPSA) is 35.5 Å². The molecule has 0 aromatic heterocycles. The molecule has 0 bridgehead atoms. The largest absolute Gasteiger partial charge is 0.495 e. The number of hydrogen-bond donors (Lipinski definition) is 0. The van der Waals surface area contributed by atoms with Crippen LogP contribution >= 0.6 is 0 Å². The van der Waals surface area contributed by atoms with Gasteiger partial charge in [-0.15, -0.1) is 0 Å². The molecule has 0 unspecified atom stereocenters. The fourth-order valence-electron chi connectivity index (χ4n) is 2.38. The molecule has 0 N–H and O–H groups in total. The Labute approximate surface area is 131 Å².